The van der Waals surface area contributed by atoms with Crippen molar-refractivity contribution in [2.45, 2.75) is 469 Å². The van der Waals surface area contributed by atoms with Crippen LogP contribution >= 0.6 is 7.82 Å². The normalized spacial score (nSPS) is 12.7. The first kappa shape index (κ1) is 88.0. The lowest BCUT2D eigenvalue weighted by atomic mass is 10.0. The summed E-state index contributed by atoms with van der Waals surface area (Å²) in [5.41, 5.74) is 5.42. The van der Waals surface area contributed by atoms with Gasteiger partial charge in [-0.05, 0) is 12.8 Å². The molecule has 0 aliphatic carbocycles. The summed E-state index contributed by atoms with van der Waals surface area (Å²) in [6.07, 6.45) is 92.6. The standard InChI is InChI=1S/C79H158NO8P/c1-3-5-7-9-11-13-15-17-19-21-23-25-27-29-31-33-35-37-38-40-42-44-46-48-50-52-54-56-58-60-62-64-66-68-70-72-79(82)88-77(76-87-89(83,84)86-74-73-80)75-85-78(81)71-69-67-65-63-61-59-57-55-53-51-49-47-45-43-41-39-36-34-32-30-28-26-24-22-20-18-16-14-12-10-8-6-4-2/h77H,3-76,80H2,1-2H3,(H,83,84). The fourth-order valence-corrected chi connectivity index (χ4v) is 13.8. The number of phosphoric acid groups is 1. The Morgan fingerprint density at radius 2 is 0.483 bits per heavy atom. The average Bonchev–Trinajstić information content (AvgIpc) is 3.66. The summed E-state index contributed by atoms with van der Waals surface area (Å²) in [4.78, 5) is 35.5. The number of nitrogens with two attached hydrogens (primary N) is 1. The van der Waals surface area contributed by atoms with Gasteiger partial charge in [0.15, 0.2) is 6.10 Å². The molecule has 9 nitrogen and oxygen atoms in total. The molecule has 0 saturated carbocycles. The van der Waals surface area contributed by atoms with Gasteiger partial charge in [0.2, 0.25) is 0 Å². The molecule has 2 atom stereocenters. The quantitative estimate of drug-likeness (QED) is 0.0347. The Morgan fingerprint density at radius 3 is 0.685 bits per heavy atom. The molecule has 0 saturated heterocycles. The van der Waals surface area contributed by atoms with Crippen molar-refractivity contribution in [2.75, 3.05) is 26.4 Å². The minimum atomic E-state index is -4.39. The SMILES string of the molecule is CCCCCCCCCCCCCCCCCCCCCCCCCCCCCCCCCCCCCC(=O)OC(COC(=O)CCCCCCCCCCCCCCCCCCCCCCCCCCCCCCCCCCC)COP(=O)(O)OCCN. The molecule has 0 spiro atoms. The number of phosphoric ester groups is 1. The molecule has 2 unspecified atom stereocenters. The van der Waals surface area contributed by atoms with Gasteiger partial charge in [-0.15, -0.1) is 0 Å². The van der Waals surface area contributed by atoms with Crippen molar-refractivity contribution in [2.24, 2.45) is 5.73 Å². The molecule has 0 rings (SSSR count). The van der Waals surface area contributed by atoms with Gasteiger partial charge in [-0.1, -0.05) is 438 Å². The van der Waals surface area contributed by atoms with Gasteiger partial charge in [0, 0.05) is 19.4 Å². The molecule has 3 N–H and O–H groups in total. The number of carbonyl (C=O) groups is 2. The average molecular weight is 1280 g/mol. The number of hydrogen-bond acceptors (Lipinski definition) is 8. The fraction of sp³-hybridized carbons (Fsp3) is 0.975. The number of hydrogen-bond donors (Lipinski definition) is 2. The number of rotatable bonds is 79. The Balaban J connectivity index is 3.72. The van der Waals surface area contributed by atoms with E-state index in [0.29, 0.717) is 12.8 Å². The van der Waals surface area contributed by atoms with E-state index in [1.165, 1.54) is 398 Å². The third-order valence-corrected chi connectivity index (χ3v) is 20.0. The molecular formula is C79H158NO8P. The lowest BCUT2D eigenvalue weighted by Gasteiger charge is -2.19. The highest BCUT2D eigenvalue weighted by molar-refractivity contribution is 7.47. The monoisotopic (exact) mass is 1280 g/mol. The topological polar surface area (TPSA) is 134 Å². The summed E-state index contributed by atoms with van der Waals surface area (Å²) in [6.45, 7) is 3.86. The van der Waals surface area contributed by atoms with E-state index < -0.39 is 26.5 Å². The van der Waals surface area contributed by atoms with Crippen LogP contribution in [0.2, 0.25) is 0 Å². The van der Waals surface area contributed by atoms with Crippen LogP contribution < -0.4 is 5.73 Å². The van der Waals surface area contributed by atoms with Crippen LogP contribution in [-0.4, -0.2) is 49.3 Å². The fourth-order valence-electron chi connectivity index (χ4n) is 13.0. The van der Waals surface area contributed by atoms with Gasteiger partial charge in [0.05, 0.1) is 13.2 Å². The third-order valence-electron chi connectivity index (χ3n) is 19.0. The van der Waals surface area contributed by atoms with Crippen LogP contribution in [0.5, 0.6) is 0 Å². The minimum absolute atomic E-state index is 0.0590. The summed E-state index contributed by atoms with van der Waals surface area (Å²) < 4.78 is 33.3. The second-order valence-electron chi connectivity index (χ2n) is 28.0. The second kappa shape index (κ2) is 76.0. The van der Waals surface area contributed by atoms with Gasteiger partial charge in [0.1, 0.15) is 6.61 Å². The Labute approximate surface area is 556 Å². The van der Waals surface area contributed by atoms with Crippen LogP contribution in [0.25, 0.3) is 0 Å². The first-order valence-electron chi connectivity index (χ1n) is 40.5. The Hall–Kier alpha value is -0.990. The van der Waals surface area contributed by atoms with Crippen molar-refractivity contribution in [1.82, 2.24) is 0 Å². The van der Waals surface area contributed by atoms with E-state index in [2.05, 4.69) is 13.8 Å². The van der Waals surface area contributed by atoms with E-state index in [-0.39, 0.29) is 32.1 Å². The van der Waals surface area contributed by atoms with Crippen molar-refractivity contribution < 1.29 is 37.6 Å². The molecule has 0 amide bonds. The van der Waals surface area contributed by atoms with Gasteiger partial charge >= 0.3 is 19.8 Å². The summed E-state index contributed by atoms with van der Waals surface area (Å²) >= 11 is 0. The lowest BCUT2D eigenvalue weighted by molar-refractivity contribution is -0.161. The van der Waals surface area contributed by atoms with Crippen molar-refractivity contribution in [3.05, 3.63) is 0 Å². The lowest BCUT2D eigenvalue weighted by Crippen LogP contribution is -2.29. The van der Waals surface area contributed by atoms with E-state index in [1.807, 2.05) is 0 Å². The first-order chi connectivity index (χ1) is 43.8. The van der Waals surface area contributed by atoms with E-state index >= 15 is 0 Å². The summed E-state index contributed by atoms with van der Waals surface area (Å²) in [5, 5.41) is 0. The number of ether oxygens (including phenoxy) is 2. The predicted octanol–water partition coefficient (Wildman–Crippen LogP) is 26.9. The summed E-state index contributed by atoms with van der Waals surface area (Å²) in [5.74, 6) is -0.794. The van der Waals surface area contributed by atoms with Crippen molar-refractivity contribution in [1.29, 1.82) is 0 Å². The highest BCUT2D eigenvalue weighted by Crippen LogP contribution is 2.43. The number of esters is 2. The summed E-state index contributed by atoms with van der Waals surface area (Å²) in [7, 11) is -4.39. The van der Waals surface area contributed by atoms with E-state index in [0.717, 1.165) is 32.1 Å². The smallest absolute Gasteiger partial charge is 0.462 e. The van der Waals surface area contributed by atoms with E-state index in [1.54, 1.807) is 0 Å². The maximum atomic E-state index is 12.8. The summed E-state index contributed by atoms with van der Waals surface area (Å²) in [6, 6.07) is 0. The predicted molar refractivity (Wildman–Crippen MR) is 386 cm³/mol. The van der Waals surface area contributed by atoms with Gasteiger partial charge in [0.25, 0.3) is 0 Å². The van der Waals surface area contributed by atoms with Gasteiger partial charge in [-0.2, -0.15) is 0 Å². The maximum Gasteiger partial charge on any atom is 0.472 e. The first-order valence-corrected chi connectivity index (χ1v) is 42.0. The molecule has 0 bridgehead atoms. The van der Waals surface area contributed by atoms with Crippen LogP contribution in [-0.2, 0) is 32.7 Å². The van der Waals surface area contributed by atoms with Crippen LogP contribution in [0.15, 0.2) is 0 Å². The molecule has 0 heterocycles. The molecule has 89 heavy (non-hydrogen) atoms. The van der Waals surface area contributed by atoms with Crippen molar-refractivity contribution >= 4 is 19.8 Å². The second-order valence-corrected chi connectivity index (χ2v) is 29.5. The Bertz CT molecular complexity index is 1420. The van der Waals surface area contributed by atoms with Gasteiger partial charge in [-0.25, -0.2) is 4.57 Å². The molecule has 0 aliphatic rings. The zero-order chi connectivity index (χ0) is 64.4. The Morgan fingerprint density at radius 1 is 0.292 bits per heavy atom. The highest BCUT2D eigenvalue weighted by Gasteiger charge is 2.26. The van der Waals surface area contributed by atoms with E-state index in [4.69, 9.17) is 24.3 Å². The molecular weight excluding hydrogens is 1120 g/mol. The largest absolute Gasteiger partial charge is 0.472 e. The zero-order valence-corrected chi connectivity index (χ0v) is 61.1. The number of unbranched alkanes of at least 4 members (excludes halogenated alkanes) is 66. The maximum absolute atomic E-state index is 12.8. The van der Waals surface area contributed by atoms with Gasteiger partial charge in [-0.3, -0.25) is 18.6 Å². The van der Waals surface area contributed by atoms with Crippen LogP contribution in [0.4, 0.5) is 0 Å². The zero-order valence-electron chi connectivity index (χ0n) is 60.2. The number of carbonyl (C=O) groups excluding carboxylic acids is 2. The third kappa shape index (κ3) is 75.9. The molecule has 0 radical (unpaired) electrons. The van der Waals surface area contributed by atoms with Gasteiger partial charge < -0.3 is 20.1 Å². The molecule has 0 fully saturated rings. The Kier molecular flexibility index (Phi) is 75.2. The van der Waals surface area contributed by atoms with E-state index in [9.17, 15) is 19.0 Å². The molecule has 10 heteroatoms. The van der Waals surface area contributed by atoms with Crippen LogP contribution in [0.1, 0.15) is 463 Å². The minimum Gasteiger partial charge on any atom is -0.462 e. The molecule has 0 aromatic carbocycles. The molecule has 0 aromatic heterocycles. The molecule has 0 aliphatic heterocycles. The highest BCUT2D eigenvalue weighted by atomic mass is 31.2. The molecule has 0 aromatic rings. The van der Waals surface area contributed by atoms with Crippen LogP contribution in [0, 0.1) is 0 Å². The van der Waals surface area contributed by atoms with Crippen molar-refractivity contribution in [3.63, 3.8) is 0 Å². The van der Waals surface area contributed by atoms with Crippen LogP contribution in [0.3, 0.4) is 0 Å². The van der Waals surface area contributed by atoms with Crippen molar-refractivity contribution in [3.8, 4) is 0 Å². The molecule has 532 valence electrons.